The van der Waals surface area contributed by atoms with Gasteiger partial charge >= 0.3 is 0 Å². The molecule has 0 amide bonds. The molecule has 0 aliphatic carbocycles. The zero-order valence-electron chi connectivity index (χ0n) is 13.7. The third-order valence-electron chi connectivity index (χ3n) is 3.64. The van der Waals surface area contributed by atoms with Gasteiger partial charge in [-0.3, -0.25) is 0 Å². The van der Waals surface area contributed by atoms with Gasteiger partial charge in [-0.2, -0.15) is 0 Å². The average molecular weight is 393 g/mol. The van der Waals surface area contributed by atoms with E-state index in [1.807, 2.05) is 48.5 Å². The van der Waals surface area contributed by atoms with Gasteiger partial charge in [0.1, 0.15) is 0 Å². The number of para-hydroxylation sites is 1. The predicted molar refractivity (Wildman–Crippen MR) is 107 cm³/mol. The van der Waals surface area contributed by atoms with E-state index >= 15 is 0 Å². The van der Waals surface area contributed by atoms with E-state index in [1.54, 1.807) is 23.1 Å². The number of nitrogens with one attached hydrogen (secondary N) is 1. The Balaban J connectivity index is 1.38. The van der Waals surface area contributed by atoms with E-state index in [0.717, 1.165) is 21.2 Å². The third kappa shape index (κ3) is 5.81. The maximum Gasteiger partial charge on any atom is 0.211 e. The molecule has 25 heavy (non-hydrogen) atoms. The van der Waals surface area contributed by atoms with Crippen LogP contribution in [0.1, 0.15) is 12.0 Å². The highest BCUT2D eigenvalue weighted by Crippen LogP contribution is 2.29. The molecular formula is C18H20N2O2S3. The fourth-order valence-electron chi connectivity index (χ4n) is 2.39. The lowest BCUT2D eigenvalue weighted by Crippen LogP contribution is -2.28. The summed E-state index contributed by atoms with van der Waals surface area (Å²) in [6.07, 6.45) is 1.32. The van der Waals surface area contributed by atoms with Gasteiger partial charge in [-0.1, -0.05) is 54.2 Å². The van der Waals surface area contributed by atoms with Gasteiger partial charge in [0.25, 0.3) is 0 Å². The fourth-order valence-corrected chi connectivity index (χ4v) is 5.73. The van der Waals surface area contributed by atoms with Crippen molar-refractivity contribution in [3.8, 4) is 0 Å². The Morgan fingerprint density at radius 1 is 1.04 bits per heavy atom. The second kappa shape index (κ2) is 8.80. The zero-order valence-corrected chi connectivity index (χ0v) is 16.2. The average Bonchev–Trinajstić information content (AvgIpc) is 3.02. The van der Waals surface area contributed by atoms with Crippen molar-refractivity contribution in [3.63, 3.8) is 0 Å². The largest absolute Gasteiger partial charge is 0.230 e. The second-order valence-electron chi connectivity index (χ2n) is 5.60. The summed E-state index contributed by atoms with van der Waals surface area (Å²) in [5.74, 6) is 0.902. The first-order valence-electron chi connectivity index (χ1n) is 8.12. The van der Waals surface area contributed by atoms with Gasteiger partial charge in [-0.05, 0) is 30.5 Å². The summed E-state index contributed by atoms with van der Waals surface area (Å²) in [5.41, 5.74) is 2.14. The molecule has 0 spiro atoms. The van der Waals surface area contributed by atoms with E-state index in [4.69, 9.17) is 0 Å². The maximum atomic E-state index is 12.0. The molecule has 1 heterocycles. The van der Waals surface area contributed by atoms with Crippen LogP contribution >= 0.6 is 23.1 Å². The summed E-state index contributed by atoms with van der Waals surface area (Å²) >= 11 is 3.28. The Morgan fingerprint density at radius 3 is 2.60 bits per heavy atom. The van der Waals surface area contributed by atoms with Crippen LogP contribution in [0.3, 0.4) is 0 Å². The van der Waals surface area contributed by atoms with Crippen molar-refractivity contribution in [2.24, 2.45) is 0 Å². The highest BCUT2D eigenvalue weighted by Gasteiger charge is 2.10. The molecule has 3 rings (SSSR count). The van der Waals surface area contributed by atoms with Crippen LogP contribution in [-0.4, -0.2) is 31.5 Å². The van der Waals surface area contributed by atoms with Gasteiger partial charge < -0.3 is 0 Å². The molecule has 1 aromatic heterocycles. The molecule has 3 aromatic rings. The standard InChI is InChI=1S/C18H20N2O2S3/c21-25(22,19-12-11-15-7-2-1-3-8-15)14-6-13-23-18-20-16-9-4-5-10-17(16)24-18/h1-5,7-10,19H,6,11-14H2. The summed E-state index contributed by atoms with van der Waals surface area (Å²) in [4.78, 5) is 4.55. The lowest BCUT2D eigenvalue weighted by molar-refractivity contribution is 0.580. The smallest absolute Gasteiger partial charge is 0.211 e. The summed E-state index contributed by atoms with van der Waals surface area (Å²) in [5, 5.41) is 0. The Kier molecular flexibility index (Phi) is 6.47. The van der Waals surface area contributed by atoms with Gasteiger partial charge in [0, 0.05) is 12.3 Å². The summed E-state index contributed by atoms with van der Waals surface area (Å²) in [7, 11) is -3.21. The van der Waals surface area contributed by atoms with Gasteiger partial charge in [-0.15, -0.1) is 11.3 Å². The fraction of sp³-hybridized carbons (Fsp3) is 0.278. The summed E-state index contributed by atoms with van der Waals surface area (Å²) < 4.78 is 28.9. The van der Waals surface area contributed by atoms with Crippen molar-refractivity contribution in [2.45, 2.75) is 17.2 Å². The van der Waals surface area contributed by atoms with Crippen LogP contribution < -0.4 is 4.72 Å². The number of thiazole rings is 1. The van der Waals surface area contributed by atoms with E-state index < -0.39 is 10.0 Å². The van der Waals surface area contributed by atoms with Crippen LogP contribution in [-0.2, 0) is 16.4 Å². The minimum Gasteiger partial charge on any atom is -0.230 e. The number of hydrogen-bond acceptors (Lipinski definition) is 5. The van der Waals surface area contributed by atoms with Crippen LogP contribution in [0.5, 0.6) is 0 Å². The highest BCUT2D eigenvalue weighted by molar-refractivity contribution is 8.01. The molecule has 1 N–H and O–H groups in total. The first kappa shape index (κ1) is 18.4. The van der Waals surface area contributed by atoms with Gasteiger partial charge in [0.15, 0.2) is 4.34 Å². The van der Waals surface area contributed by atoms with E-state index in [1.165, 1.54) is 4.70 Å². The van der Waals surface area contributed by atoms with E-state index in [-0.39, 0.29) is 5.75 Å². The molecule has 132 valence electrons. The van der Waals surface area contributed by atoms with E-state index in [2.05, 4.69) is 15.8 Å². The number of hydrogen-bond donors (Lipinski definition) is 1. The quantitative estimate of drug-likeness (QED) is 0.443. The lowest BCUT2D eigenvalue weighted by atomic mass is 10.2. The molecule has 0 bridgehead atoms. The predicted octanol–water partition coefficient (Wildman–Crippen LogP) is 3.94. The number of fused-ring (bicyclic) bond motifs is 1. The molecule has 0 saturated heterocycles. The van der Waals surface area contributed by atoms with Crippen LogP contribution in [0.25, 0.3) is 10.2 Å². The monoisotopic (exact) mass is 392 g/mol. The lowest BCUT2D eigenvalue weighted by Gasteiger charge is -2.06. The molecule has 0 fully saturated rings. The molecule has 0 saturated carbocycles. The number of thioether (sulfide) groups is 1. The molecule has 0 atom stereocenters. The van der Waals surface area contributed by atoms with Crippen molar-refractivity contribution in [2.75, 3.05) is 18.1 Å². The Labute approximate surface area is 156 Å². The van der Waals surface area contributed by atoms with Crippen molar-refractivity contribution < 1.29 is 8.42 Å². The number of aromatic nitrogens is 1. The Morgan fingerprint density at radius 2 is 1.80 bits per heavy atom. The Hall–Kier alpha value is -1.41. The van der Waals surface area contributed by atoms with Crippen LogP contribution in [0.15, 0.2) is 58.9 Å². The van der Waals surface area contributed by atoms with Crippen molar-refractivity contribution in [3.05, 3.63) is 60.2 Å². The molecule has 4 nitrogen and oxygen atoms in total. The van der Waals surface area contributed by atoms with E-state index in [9.17, 15) is 8.42 Å². The van der Waals surface area contributed by atoms with Crippen molar-refractivity contribution in [1.29, 1.82) is 0 Å². The molecule has 0 radical (unpaired) electrons. The molecular weight excluding hydrogens is 372 g/mol. The minimum atomic E-state index is -3.21. The highest BCUT2D eigenvalue weighted by atomic mass is 32.2. The minimum absolute atomic E-state index is 0.152. The SMILES string of the molecule is O=S(=O)(CCCSc1nc2ccccc2s1)NCCc1ccccc1. The van der Waals surface area contributed by atoms with Crippen LogP contribution in [0.4, 0.5) is 0 Å². The van der Waals surface area contributed by atoms with Gasteiger partial charge in [-0.25, -0.2) is 18.1 Å². The van der Waals surface area contributed by atoms with Crippen LogP contribution in [0, 0.1) is 0 Å². The number of benzene rings is 2. The first-order chi connectivity index (χ1) is 12.1. The molecule has 0 unspecified atom stereocenters. The molecule has 0 aliphatic heterocycles. The summed E-state index contributed by atoms with van der Waals surface area (Å²) in [6.45, 7) is 0.442. The normalized spacial score (nSPS) is 11.8. The third-order valence-corrected chi connectivity index (χ3v) is 7.37. The maximum absolute atomic E-state index is 12.0. The van der Waals surface area contributed by atoms with E-state index in [0.29, 0.717) is 19.4 Å². The second-order valence-corrected chi connectivity index (χ2v) is 9.90. The number of sulfonamides is 1. The number of rotatable bonds is 9. The molecule has 0 aliphatic rings. The molecule has 7 heteroatoms. The van der Waals surface area contributed by atoms with Gasteiger partial charge in [0.2, 0.25) is 10.0 Å². The van der Waals surface area contributed by atoms with Crippen molar-refractivity contribution >= 4 is 43.3 Å². The first-order valence-corrected chi connectivity index (χ1v) is 11.6. The molecule has 2 aromatic carbocycles. The zero-order chi connectivity index (χ0) is 17.5. The van der Waals surface area contributed by atoms with Crippen molar-refractivity contribution in [1.82, 2.24) is 9.71 Å². The Bertz CT molecular complexity index is 875. The summed E-state index contributed by atoms with van der Waals surface area (Å²) in [6, 6.07) is 17.9. The topological polar surface area (TPSA) is 59.1 Å². The number of nitrogens with zero attached hydrogens (tertiary/aromatic N) is 1. The van der Waals surface area contributed by atoms with Crippen LogP contribution in [0.2, 0.25) is 0 Å². The van der Waals surface area contributed by atoms with Gasteiger partial charge in [0.05, 0.1) is 16.0 Å².